The van der Waals surface area contributed by atoms with Crippen LogP contribution in [0.3, 0.4) is 0 Å². The number of ether oxygens (including phenoxy) is 1. The van der Waals surface area contributed by atoms with Crippen LogP contribution in [0, 0.1) is 13.8 Å². The highest BCUT2D eigenvalue weighted by Crippen LogP contribution is 2.33. The first-order chi connectivity index (χ1) is 15.6. The second-order valence-corrected chi connectivity index (χ2v) is 9.97. The standard InChI is InChI=1S/C23H32N4O5S/c1-6-27(7-2)33(30,31)17-10-11-19(26-12-8-9-13-26)18(14-17)25-22(28)21-15(3)20(16(4)24-21)23(29)32-5/h10-11,14,24H,6-9,12-13H2,1-5H3,(H,25,28). The number of carbonyl (C=O) groups excluding carboxylic acids is 2. The number of aryl methyl sites for hydroxylation is 1. The predicted octanol–water partition coefficient (Wildman–Crippen LogP) is 3.30. The van der Waals surface area contributed by atoms with Crippen molar-refractivity contribution < 1.29 is 22.7 Å². The highest BCUT2D eigenvalue weighted by molar-refractivity contribution is 7.89. The third kappa shape index (κ3) is 4.77. The van der Waals surface area contributed by atoms with Crippen molar-refractivity contribution in [2.24, 2.45) is 0 Å². The zero-order valence-corrected chi connectivity index (χ0v) is 20.6. The number of hydrogen-bond donors (Lipinski definition) is 2. The summed E-state index contributed by atoms with van der Waals surface area (Å²) in [6, 6.07) is 4.87. The van der Waals surface area contributed by atoms with Gasteiger partial charge in [0.05, 0.1) is 28.9 Å². The van der Waals surface area contributed by atoms with Crippen molar-refractivity contribution >= 4 is 33.3 Å². The maximum atomic E-state index is 13.2. The summed E-state index contributed by atoms with van der Waals surface area (Å²) in [4.78, 5) is 30.5. The van der Waals surface area contributed by atoms with Gasteiger partial charge in [0.2, 0.25) is 10.0 Å². The van der Waals surface area contributed by atoms with E-state index in [1.807, 2.05) is 0 Å². The van der Waals surface area contributed by atoms with Gasteiger partial charge in [0.1, 0.15) is 5.69 Å². The average Bonchev–Trinajstić information content (AvgIpc) is 3.42. The first-order valence-electron chi connectivity index (χ1n) is 11.1. The maximum absolute atomic E-state index is 13.2. The molecular weight excluding hydrogens is 444 g/mol. The number of carbonyl (C=O) groups is 2. The van der Waals surface area contributed by atoms with E-state index in [9.17, 15) is 18.0 Å². The molecule has 9 nitrogen and oxygen atoms in total. The minimum atomic E-state index is -3.70. The molecule has 2 aromatic rings. The van der Waals surface area contributed by atoms with E-state index in [2.05, 4.69) is 15.2 Å². The molecule has 0 aliphatic carbocycles. The van der Waals surface area contributed by atoms with Gasteiger partial charge in [-0.05, 0) is 50.5 Å². The smallest absolute Gasteiger partial charge is 0.339 e. The third-order valence-electron chi connectivity index (χ3n) is 6.06. The Morgan fingerprint density at radius 2 is 1.79 bits per heavy atom. The van der Waals surface area contributed by atoms with Crippen LogP contribution in [0.5, 0.6) is 0 Å². The van der Waals surface area contributed by atoms with E-state index in [0.717, 1.165) is 31.6 Å². The zero-order chi connectivity index (χ0) is 24.3. The average molecular weight is 477 g/mol. The number of sulfonamides is 1. The minimum absolute atomic E-state index is 0.124. The van der Waals surface area contributed by atoms with Crippen LogP contribution in [0.15, 0.2) is 23.1 Å². The number of esters is 1. The fourth-order valence-corrected chi connectivity index (χ4v) is 5.78. The van der Waals surface area contributed by atoms with E-state index in [-0.39, 0.29) is 10.6 Å². The number of nitrogens with zero attached hydrogens (tertiary/aromatic N) is 2. The van der Waals surface area contributed by atoms with Crippen molar-refractivity contribution in [3.63, 3.8) is 0 Å². The van der Waals surface area contributed by atoms with Crippen molar-refractivity contribution in [3.05, 3.63) is 40.7 Å². The van der Waals surface area contributed by atoms with Crippen molar-refractivity contribution in [3.8, 4) is 0 Å². The van der Waals surface area contributed by atoms with Gasteiger partial charge in [-0.2, -0.15) is 4.31 Å². The van der Waals surface area contributed by atoms with Gasteiger partial charge < -0.3 is 19.9 Å². The van der Waals surface area contributed by atoms with Gasteiger partial charge in [0, 0.05) is 31.9 Å². The van der Waals surface area contributed by atoms with Gasteiger partial charge in [-0.1, -0.05) is 13.8 Å². The Labute approximate surface area is 195 Å². The lowest BCUT2D eigenvalue weighted by molar-refractivity contribution is 0.0599. The van der Waals surface area contributed by atoms with Crippen molar-refractivity contribution in [2.45, 2.75) is 45.4 Å². The van der Waals surface area contributed by atoms with Crippen LogP contribution in [0.4, 0.5) is 11.4 Å². The fraction of sp³-hybridized carbons (Fsp3) is 0.478. The zero-order valence-electron chi connectivity index (χ0n) is 19.8. The van der Waals surface area contributed by atoms with Crippen LogP contribution in [-0.4, -0.2) is 62.9 Å². The Hall–Kier alpha value is -2.85. The quantitative estimate of drug-likeness (QED) is 0.566. The summed E-state index contributed by atoms with van der Waals surface area (Å²) >= 11 is 0. The lowest BCUT2D eigenvalue weighted by Crippen LogP contribution is -2.31. The van der Waals surface area contributed by atoms with Gasteiger partial charge in [0.25, 0.3) is 5.91 Å². The monoisotopic (exact) mass is 476 g/mol. The molecule has 1 aliphatic rings. The number of aromatic amines is 1. The molecule has 0 unspecified atom stereocenters. The van der Waals surface area contributed by atoms with E-state index >= 15 is 0 Å². The molecule has 180 valence electrons. The Balaban J connectivity index is 2.03. The Kier molecular flexibility index (Phi) is 7.48. The number of nitrogens with one attached hydrogen (secondary N) is 2. The molecule has 1 saturated heterocycles. The number of aromatic nitrogens is 1. The van der Waals surface area contributed by atoms with Crippen LogP contribution < -0.4 is 10.2 Å². The number of rotatable bonds is 8. The van der Waals surface area contributed by atoms with Gasteiger partial charge in [-0.25, -0.2) is 13.2 Å². The van der Waals surface area contributed by atoms with E-state index in [1.165, 1.54) is 17.5 Å². The first-order valence-corrected chi connectivity index (χ1v) is 12.6. The second-order valence-electron chi connectivity index (χ2n) is 8.03. The van der Waals surface area contributed by atoms with Gasteiger partial charge in [-0.3, -0.25) is 4.79 Å². The van der Waals surface area contributed by atoms with E-state index in [4.69, 9.17) is 4.74 Å². The SMILES string of the molecule is CCN(CC)S(=O)(=O)c1ccc(N2CCCC2)c(NC(=O)c2[nH]c(C)c(C(=O)OC)c2C)c1. The largest absolute Gasteiger partial charge is 0.465 e. The highest BCUT2D eigenvalue weighted by Gasteiger charge is 2.27. The lowest BCUT2D eigenvalue weighted by Gasteiger charge is -2.24. The number of amides is 1. The van der Waals surface area contributed by atoms with Crippen LogP contribution in [0.1, 0.15) is 58.8 Å². The van der Waals surface area contributed by atoms with Crippen LogP contribution >= 0.6 is 0 Å². The third-order valence-corrected chi connectivity index (χ3v) is 8.11. The van der Waals surface area contributed by atoms with E-state index < -0.39 is 21.9 Å². The molecule has 0 radical (unpaired) electrons. The predicted molar refractivity (Wildman–Crippen MR) is 128 cm³/mol. The molecule has 1 aliphatic heterocycles. The molecule has 3 rings (SSSR count). The summed E-state index contributed by atoms with van der Waals surface area (Å²) in [6.45, 7) is 9.32. The normalized spacial score (nSPS) is 14.1. The number of hydrogen-bond acceptors (Lipinski definition) is 6. The molecule has 1 amide bonds. The molecule has 1 aromatic carbocycles. The molecule has 2 heterocycles. The highest BCUT2D eigenvalue weighted by atomic mass is 32.2. The Morgan fingerprint density at radius 3 is 2.36 bits per heavy atom. The molecule has 0 bridgehead atoms. The van der Waals surface area contributed by atoms with Crippen LogP contribution in [-0.2, 0) is 14.8 Å². The summed E-state index contributed by atoms with van der Waals surface area (Å²) in [5, 5.41) is 2.88. The second kappa shape index (κ2) is 9.96. The summed E-state index contributed by atoms with van der Waals surface area (Å²) in [6.07, 6.45) is 2.06. The summed E-state index contributed by atoms with van der Waals surface area (Å²) < 4.78 is 32.4. The summed E-state index contributed by atoms with van der Waals surface area (Å²) in [5.41, 5.74) is 2.75. The molecular formula is C23H32N4O5S. The Morgan fingerprint density at radius 1 is 1.15 bits per heavy atom. The summed E-state index contributed by atoms with van der Waals surface area (Å²) in [5.74, 6) is -0.978. The first kappa shape index (κ1) is 24.8. The van der Waals surface area contributed by atoms with Crippen molar-refractivity contribution in [1.82, 2.24) is 9.29 Å². The molecule has 10 heteroatoms. The van der Waals surface area contributed by atoms with Crippen LogP contribution in [0.2, 0.25) is 0 Å². The topological polar surface area (TPSA) is 112 Å². The number of anilines is 2. The molecule has 0 saturated carbocycles. The van der Waals surface area contributed by atoms with Gasteiger partial charge >= 0.3 is 5.97 Å². The number of methoxy groups -OCH3 is 1. The maximum Gasteiger partial charge on any atom is 0.339 e. The molecule has 33 heavy (non-hydrogen) atoms. The van der Waals surface area contributed by atoms with Gasteiger partial charge in [-0.15, -0.1) is 0 Å². The van der Waals surface area contributed by atoms with Crippen molar-refractivity contribution in [2.75, 3.05) is 43.5 Å². The molecule has 2 N–H and O–H groups in total. The molecule has 1 fully saturated rings. The molecule has 1 aromatic heterocycles. The number of benzene rings is 1. The number of H-pyrrole nitrogens is 1. The molecule has 0 spiro atoms. The summed E-state index contributed by atoms with van der Waals surface area (Å²) in [7, 11) is -2.41. The van der Waals surface area contributed by atoms with Gasteiger partial charge in [0.15, 0.2) is 0 Å². The fourth-order valence-electron chi connectivity index (χ4n) is 4.29. The lowest BCUT2D eigenvalue weighted by atomic mass is 10.1. The van der Waals surface area contributed by atoms with Crippen LogP contribution in [0.25, 0.3) is 0 Å². The Bertz CT molecular complexity index is 1150. The van der Waals surface area contributed by atoms with E-state index in [1.54, 1.807) is 39.8 Å². The minimum Gasteiger partial charge on any atom is -0.465 e. The molecule has 0 atom stereocenters. The van der Waals surface area contributed by atoms with E-state index in [0.29, 0.717) is 35.6 Å². The van der Waals surface area contributed by atoms with Crippen molar-refractivity contribution in [1.29, 1.82) is 0 Å².